The highest BCUT2D eigenvalue weighted by Crippen LogP contribution is 1.74. The Morgan fingerprint density at radius 2 is 1.50 bits per heavy atom. The molecule has 6 heteroatoms. The van der Waals surface area contributed by atoms with Crippen LogP contribution in [0.3, 0.4) is 0 Å². The van der Waals surface area contributed by atoms with Gasteiger partial charge in [-0.15, -0.1) is 0 Å². The van der Waals surface area contributed by atoms with Gasteiger partial charge in [0.1, 0.15) is 0 Å². The Bertz CT molecular complexity index is 112. The molecule has 0 aromatic carbocycles. The maximum absolute atomic E-state index is 9.56. The summed E-state index contributed by atoms with van der Waals surface area (Å²) in [5.41, 5.74) is 0. The highest BCUT2D eigenvalue weighted by atomic mass is 32.2. The lowest BCUT2D eigenvalue weighted by atomic mass is 11.0. The van der Waals surface area contributed by atoms with Gasteiger partial charge in [-0.3, -0.25) is 15.1 Å². The summed E-state index contributed by atoms with van der Waals surface area (Å²) in [4.78, 5) is 0. The monoisotopic (exact) mass is 144 g/mol. The van der Waals surface area contributed by atoms with E-state index in [9.17, 15) is 8.42 Å². The molecular weight excluding hydrogens is 136 g/mol. The van der Waals surface area contributed by atoms with Crippen molar-refractivity contribution >= 4 is 10.1 Å². The van der Waals surface area contributed by atoms with Crippen molar-refractivity contribution in [3.05, 3.63) is 0 Å². The molecule has 5 nitrogen and oxygen atoms in total. The van der Waals surface area contributed by atoms with Crippen LogP contribution in [0, 0.1) is 0 Å². The van der Waals surface area contributed by atoms with Crippen LogP contribution in [-0.2, 0) is 10.1 Å². The van der Waals surface area contributed by atoms with Crippen LogP contribution in [0.4, 0.5) is 0 Å². The summed E-state index contributed by atoms with van der Waals surface area (Å²) < 4.78 is 26.9. The minimum atomic E-state index is -3.66. The van der Waals surface area contributed by atoms with E-state index in [1.807, 2.05) is 0 Å². The second-order valence-corrected chi connectivity index (χ2v) is 2.61. The van der Waals surface area contributed by atoms with Crippen molar-refractivity contribution < 1.29 is 23.5 Å². The summed E-state index contributed by atoms with van der Waals surface area (Å²) in [5, 5.41) is 12.0. The van der Waals surface area contributed by atoms with Gasteiger partial charge in [0.2, 0.25) is 0 Å². The zero-order chi connectivity index (χ0) is 7.21. The Morgan fingerprint density at radius 3 is 1.50 bits per heavy atom. The number of hydrogen-bond donors (Lipinski definition) is 3. The van der Waals surface area contributed by atoms with Gasteiger partial charge < -0.3 is 0 Å². The van der Waals surface area contributed by atoms with Crippen LogP contribution in [0.2, 0.25) is 0 Å². The highest BCUT2D eigenvalue weighted by Gasteiger charge is 1.93. The fourth-order valence-corrected chi connectivity index (χ4v) is 0. The summed E-state index contributed by atoms with van der Waals surface area (Å²) in [6.45, 7) is 1.37. The SMILES string of the molecule is CCS(=O)(=O)O.OO. The van der Waals surface area contributed by atoms with Gasteiger partial charge in [0.25, 0.3) is 10.1 Å². The average Bonchev–Trinajstić information content (AvgIpc) is 1.71. The quantitative estimate of drug-likeness (QED) is 0.271. The summed E-state index contributed by atoms with van der Waals surface area (Å²) in [5.74, 6) is -0.201. The lowest BCUT2D eigenvalue weighted by Gasteiger charge is -1.79. The summed E-state index contributed by atoms with van der Waals surface area (Å²) in [6, 6.07) is 0. The molecule has 0 aromatic heterocycles. The van der Waals surface area contributed by atoms with Crippen molar-refractivity contribution in [1.82, 2.24) is 0 Å². The largest absolute Gasteiger partial charge is 0.286 e. The molecule has 0 aromatic rings. The molecule has 0 spiro atoms. The van der Waals surface area contributed by atoms with Gasteiger partial charge in [0.15, 0.2) is 0 Å². The zero-order valence-electron chi connectivity index (χ0n) is 4.27. The van der Waals surface area contributed by atoms with Gasteiger partial charge in [-0.1, -0.05) is 0 Å². The molecule has 3 N–H and O–H groups in total. The highest BCUT2D eigenvalue weighted by molar-refractivity contribution is 7.85. The third-order valence-corrected chi connectivity index (χ3v) is 1.09. The fraction of sp³-hybridized carbons (Fsp3) is 1.00. The molecule has 0 unspecified atom stereocenters. The van der Waals surface area contributed by atoms with E-state index in [2.05, 4.69) is 0 Å². The molecule has 0 aliphatic rings. The van der Waals surface area contributed by atoms with Crippen LogP contribution in [0.25, 0.3) is 0 Å². The van der Waals surface area contributed by atoms with E-state index in [4.69, 9.17) is 15.1 Å². The molecule has 8 heavy (non-hydrogen) atoms. The molecule has 0 saturated heterocycles. The van der Waals surface area contributed by atoms with Crippen LogP contribution in [-0.4, -0.2) is 29.2 Å². The summed E-state index contributed by atoms with van der Waals surface area (Å²) >= 11 is 0. The van der Waals surface area contributed by atoms with Crippen molar-refractivity contribution in [3.63, 3.8) is 0 Å². The smallest absolute Gasteiger partial charge is 0.264 e. The van der Waals surface area contributed by atoms with Crippen LogP contribution in [0.5, 0.6) is 0 Å². The van der Waals surface area contributed by atoms with Gasteiger partial charge in [-0.25, -0.2) is 0 Å². The van der Waals surface area contributed by atoms with Crippen molar-refractivity contribution in [1.29, 1.82) is 0 Å². The van der Waals surface area contributed by atoms with E-state index in [1.54, 1.807) is 0 Å². The maximum atomic E-state index is 9.56. The predicted molar refractivity (Wildman–Crippen MR) is 27.3 cm³/mol. The van der Waals surface area contributed by atoms with Gasteiger partial charge >= 0.3 is 0 Å². The van der Waals surface area contributed by atoms with Gasteiger partial charge in [0.05, 0.1) is 5.75 Å². The van der Waals surface area contributed by atoms with Crippen molar-refractivity contribution in [3.8, 4) is 0 Å². The lowest BCUT2D eigenvalue weighted by molar-refractivity contribution is -0.176. The van der Waals surface area contributed by atoms with Gasteiger partial charge in [-0.05, 0) is 6.92 Å². The molecule has 0 aliphatic heterocycles. The fourth-order valence-electron chi connectivity index (χ4n) is 0. The normalized spacial score (nSPS) is 9.50. The van der Waals surface area contributed by atoms with Crippen LogP contribution >= 0.6 is 0 Å². The summed E-state index contributed by atoms with van der Waals surface area (Å²) in [6.07, 6.45) is 0. The number of rotatable bonds is 1. The van der Waals surface area contributed by atoms with Crippen LogP contribution in [0.1, 0.15) is 6.92 Å². The predicted octanol–water partition coefficient (Wildman–Crippen LogP) is -0.0885. The van der Waals surface area contributed by atoms with E-state index in [1.165, 1.54) is 6.92 Å². The minimum Gasteiger partial charge on any atom is -0.286 e. The molecule has 0 radical (unpaired) electrons. The average molecular weight is 144 g/mol. The first kappa shape index (κ1) is 10.7. The van der Waals surface area contributed by atoms with E-state index >= 15 is 0 Å². The summed E-state index contributed by atoms with van der Waals surface area (Å²) in [7, 11) is -3.66. The first-order chi connectivity index (χ1) is 3.56. The molecule has 52 valence electrons. The Kier molecular flexibility index (Phi) is 6.68. The van der Waals surface area contributed by atoms with Crippen LogP contribution < -0.4 is 0 Å². The molecule has 0 heterocycles. The maximum Gasteiger partial charge on any atom is 0.264 e. The molecule has 0 atom stereocenters. The molecule has 0 aliphatic carbocycles. The molecular formula is C2H8O5S. The van der Waals surface area contributed by atoms with E-state index in [0.29, 0.717) is 0 Å². The third-order valence-electron chi connectivity index (χ3n) is 0.365. The minimum absolute atomic E-state index is 0.201. The second-order valence-electron chi connectivity index (χ2n) is 0.871. The Morgan fingerprint density at radius 1 is 1.38 bits per heavy atom. The molecule has 0 rings (SSSR count). The van der Waals surface area contributed by atoms with Crippen molar-refractivity contribution in [2.45, 2.75) is 6.92 Å². The Hall–Kier alpha value is -0.170. The van der Waals surface area contributed by atoms with Gasteiger partial charge in [0, 0.05) is 0 Å². The van der Waals surface area contributed by atoms with E-state index in [-0.39, 0.29) is 5.75 Å². The molecule has 0 bridgehead atoms. The molecule has 0 saturated carbocycles. The standard InChI is InChI=1S/C2H6O3S.H2O2/c1-2-6(3,4)5;1-2/h2H2,1H3,(H,3,4,5);1-2H. The second kappa shape index (κ2) is 4.98. The van der Waals surface area contributed by atoms with Gasteiger partial charge in [-0.2, -0.15) is 8.42 Å². The van der Waals surface area contributed by atoms with Crippen LogP contribution in [0.15, 0.2) is 0 Å². The van der Waals surface area contributed by atoms with E-state index < -0.39 is 10.1 Å². The number of hydrogen-bond acceptors (Lipinski definition) is 4. The van der Waals surface area contributed by atoms with Crippen molar-refractivity contribution in [2.24, 2.45) is 0 Å². The third kappa shape index (κ3) is 17.0. The lowest BCUT2D eigenvalue weighted by Crippen LogP contribution is -1.97. The molecule has 0 amide bonds. The Labute approximate surface area is 47.3 Å². The molecule has 0 fully saturated rings. The first-order valence-corrected chi connectivity index (χ1v) is 3.32. The van der Waals surface area contributed by atoms with Crippen molar-refractivity contribution in [2.75, 3.05) is 5.75 Å². The zero-order valence-corrected chi connectivity index (χ0v) is 5.09. The topological polar surface area (TPSA) is 94.8 Å². The van der Waals surface area contributed by atoms with E-state index in [0.717, 1.165) is 0 Å². The Balaban J connectivity index is 0. The first-order valence-electron chi connectivity index (χ1n) is 1.71.